The van der Waals surface area contributed by atoms with Crippen molar-refractivity contribution in [1.29, 1.82) is 0 Å². The average molecular weight is 295 g/mol. The molecule has 1 aliphatic heterocycles. The number of rotatable bonds is 6. The summed E-state index contributed by atoms with van der Waals surface area (Å²) in [5.41, 5.74) is 0.689. The molecule has 0 aliphatic carbocycles. The Morgan fingerprint density at radius 3 is 2.76 bits per heavy atom. The van der Waals surface area contributed by atoms with E-state index in [1.807, 2.05) is 4.90 Å². The number of nitrogens with one attached hydrogen (secondary N) is 1. The molecule has 1 fully saturated rings. The zero-order valence-electron chi connectivity index (χ0n) is 13.2. The van der Waals surface area contributed by atoms with Crippen LogP contribution in [0.1, 0.15) is 32.3 Å². The first-order chi connectivity index (χ1) is 10.1. The lowest BCUT2D eigenvalue weighted by atomic mass is 10.1. The van der Waals surface area contributed by atoms with Gasteiger partial charge in [-0.1, -0.05) is 13.8 Å². The number of aromatic nitrogens is 1. The molecule has 1 aliphatic rings. The fourth-order valence-corrected chi connectivity index (χ4v) is 2.63. The number of hydrogen-bond acceptors (Lipinski definition) is 4. The van der Waals surface area contributed by atoms with E-state index < -0.39 is 0 Å². The van der Waals surface area contributed by atoms with Crippen LogP contribution in [0.15, 0.2) is 12.3 Å². The molecule has 1 aromatic rings. The third-order valence-electron chi connectivity index (χ3n) is 3.89. The molecule has 1 aromatic heterocycles. The van der Waals surface area contributed by atoms with Crippen molar-refractivity contribution in [3.8, 4) is 0 Å². The number of nitrogens with zero attached hydrogens (tertiary/aromatic N) is 2. The normalized spacial score (nSPS) is 16.7. The van der Waals surface area contributed by atoms with E-state index in [2.05, 4.69) is 24.1 Å². The Labute approximate surface area is 126 Å². The summed E-state index contributed by atoms with van der Waals surface area (Å²) in [6.45, 7) is 7.31. The fourth-order valence-electron chi connectivity index (χ4n) is 2.63. The van der Waals surface area contributed by atoms with Crippen LogP contribution in [0.4, 0.5) is 10.2 Å². The maximum absolute atomic E-state index is 14.6. The van der Waals surface area contributed by atoms with Gasteiger partial charge in [0, 0.05) is 38.5 Å². The number of anilines is 1. The summed E-state index contributed by atoms with van der Waals surface area (Å²) in [6.07, 6.45) is 3.84. The third-order valence-corrected chi connectivity index (χ3v) is 3.89. The summed E-state index contributed by atoms with van der Waals surface area (Å²) in [5.74, 6) is 0.848. The van der Waals surface area contributed by atoms with Crippen molar-refractivity contribution in [2.75, 3.05) is 31.6 Å². The molecular formula is C16H26FN3O. The summed E-state index contributed by atoms with van der Waals surface area (Å²) < 4.78 is 19.9. The molecule has 4 nitrogen and oxygen atoms in total. The number of methoxy groups -OCH3 is 1. The second-order valence-electron chi connectivity index (χ2n) is 6.05. The Bertz CT molecular complexity index is 445. The predicted molar refractivity (Wildman–Crippen MR) is 83.0 cm³/mol. The van der Waals surface area contributed by atoms with Gasteiger partial charge in [-0.25, -0.2) is 9.37 Å². The van der Waals surface area contributed by atoms with Gasteiger partial charge in [0.25, 0.3) is 0 Å². The van der Waals surface area contributed by atoms with Gasteiger partial charge in [0.15, 0.2) is 11.6 Å². The number of ether oxygens (including phenoxy) is 1. The minimum Gasteiger partial charge on any atom is -0.381 e. The topological polar surface area (TPSA) is 37.4 Å². The molecule has 2 heterocycles. The van der Waals surface area contributed by atoms with Gasteiger partial charge in [-0.3, -0.25) is 0 Å². The molecule has 1 saturated heterocycles. The molecule has 0 bridgehead atoms. The van der Waals surface area contributed by atoms with Crippen LogP contribution < -0.4 is 10.2 Å². The average Bonchev–Trinajstić information content (AvgIpc) is 2.49. The highest BCUT2D eigenvalue weighted by Crippen LogP contribution is 2.23. The lowest BCUT2D eigenvalue weighted by Crippen LogP contribution is -2.37. The highest BCUT2D eigenvalue weighted by Gasteiger charge is 2.22. The summed E-state index contributed by atoms with van der Waals surface area (Å²) in [4.78, 5) is 6.26. The first-order valence-electron chi connectivity index (χ1n) is 7.73. The number of halogens is 1. The summed E-state index contributed by atoms with van der Waals surface area (Å²) in [6, 6.07) is 1.76. The van der Waals surface area contributed by atoms with Crippen LogP contribution in [0, 0.1) is 11.7 Å². The Morgan fingerprint density at radius 1 is 1.43 bits per heavy atom. The molecule has 0 saturated carbocycles. The summed E-state index contributed by atoms with van der Waals surface area (Å²) >= 11 is 0. The highest BCUT2D eigenvalue weighted by molar-refractivity contribution is 5.43. The standard InChI is InChI=1S/C16H26FN3O/c1-12(2)10-18-11-13-4-7-19-16(15(13)17)20-8-5-14(21-3)6-9-20/h4,7,12,14,18H,5-6,8-11H2,1-3H3. The molecule has 0 unspecified atom stereocenters. The van der Waals surface area contributed by atoms with Crippen LogP contribution >= 0.6 is 0 Å². The quantitative estimate of drug-likeness (QED) is 0.875. The smallest absolute Gasteiger partial charge is 0.170 e. The second-order valence-corrected chi connectivity index (χ2v) is 6.05. The molecule has 0 radical (unpaired) electrons. The van der Waals surface area contributed by atoms with Crippen molar-refractivity contribution in [2.45, 2.75) is 39.3 Å². The van der Waals surface area contributed by atoms with Crippen molar-refractivity contribution >= 4 is 5.82 Å². The molecule has 0 spiro atoms. The Hall–Kier alpha value is -1.20. The first-order valence-corrected chi connectivity index (χ1v) is 7.73. The van der Waals surface area contributed by atoms with Gasteiger partial charge in [-0.2, -0.15) is 0 Å². The van der Waals surface area contributed by atoms with Gasteiger partial charge in [0.1, 0.15) is 0 Å². The monoisotopic (exact) mass is 295 g/mol. The third kappa shape index (κ3) is 4.38. The van der Waals surface area contributed by atoms with E-state index in [0.717, 1.165) is 32.5 Å². The minimum atomic E-state index is -0.190. The summed E-state index contributed by atoms with van der Waals surface area (Å²) in [7, 11) is 1.74. The van der Waals surface area contributed by atoms with E-state index in [-0.39, 0.29) is 5.82 Å². The highest BCUT2D eigenvalue weighted by atomic mass is 19.1. The fraction of sp³-hybridized carbons (Fsp3) is 0.688. The van der Waals surface area contributed by atoms with Crippen molar-refractivity contribution < 1.29 is 9.13 Å². The molecule has 118 valence electrons. The molecule has 0 atom stereocenters. The minimum absolute atomic E-state index is 0.190. The summed E-state index contributed by atoms with van der Waals surface area (Å²) in [5, 5.41) is 3.28. The number of hydrogen-bond donors (Lipinski definition) is 1. The van der Waals surface area contributed by atoms with Crippen LogP contribution in [0.5, 0.6) is 0 Å². The lowest BCUT2D eigenvalue weighted by molar-refractivity contribution is 0.0816. The lowest BCUT2D eigenvalue weighted by Gasteiger charge is -2.32. The maximum atomic E-state index is 14.6. The van der Waals surface area contributed by atoms with Crippen molar-refractivity contribution in [3.05, 3.63) is 23.6 Å². The molecule has 0 amide bonds. The van der Waals surface area contributed by atoms with E-state index in [1.54, 1.807) is 19.4 Å². The molecule has 1 N–H and O–H groups in total. The predicted octanol–water partition coefficient (Wildman–Crippen LogP) is 2.58. The van der Waals surface area contributed by atoms with Gasteiger partial charge >= 0.3 is 0 Å². The van der Waals surface area contributed by atoms with E-state index in [4.69, 9.17) is 4.74 Å². The van der Waals surface area contributed by atoms with Crippen LogP contribution in [0.25, 0.3) is 0 Å². The zero-order valence-corrected chi connectivity index (χ0v) is 13.2. The second kappa shape index (κ2) is 7.71. The number of piperidine rings is 1. The molecular weight excluding hydrogens is 269 g/mol. The van der Waals surface area contributed by atoms with Crippen molar-refractivity contribution in [1.82, 2.24) is 10.3 Å². The molecule has 21 heavy (non-hydrogen) atoms. The van der Waals surface area contributed by atoms with E-state index >= 15 is 0 Å². The first kappa shape index (κ1) is 16.2. The molecule has 2 rings (SSSR count). The van der Waals surface area contributed by atoms with Gasteiger partial charge in [-0.05, 0) is 31.4 Å². The van der Waals surface area contributed by atoms with Crippen LogP contribution in [-0.4, -0.2) is 37.8 Å². The van der Waals surface area contributed by atoms with Crippen LogP contribution in [0.3, 0.4) is 0 Å². The largest absolute Gasteiger partial charge is 0.381 e. The Morgan fingerprint density at radius 2 is 2.14 bits per heavy atom. The van der Waals surface area contributed by atoms with Gasteiger partial charge in [-0.15, -0.1) is 0 Å². The molecule has 5 heteroatoms. The van der Waals surface area contributed by atoms with Gasteiger partial charge in [0.2, 0.25) is 0 Å². The van der Waals surface area contributed by atoms with Crippen LogP contribution in [-0.2, 0) is 11.3 Å². The van der Waals surface area contributed by atoms with E-state index in [0.29, 0.717) is 29.9 Å². The Balaban J connectivity index is 2.00. The van der Waals surface area contributed by atoms with Gasteiger partial charge in [0.05, 0.1) is 6.10 Å². The van der Waals surface area contributed by atoms with Crippen molar-refractivity contribution in [3.63, 3.8) is 0 Å². The van der Waals surface area contributed by atoms with E-state index in [9.17, 15) is 4.39 Å². The van der Waals surface area contributed by atoms with Crippen LogP contribution in [0.2, 0.25) is 0 Å². The maximum Gasteiger partial charge on any atom is 0.170 e. The van der Waals surface area contributed by atoms with Crippen molar-refractivity contribution in [2.24, 2.45) is 5.92 Å². The zero-order chi connectivity index (χ0) is 15.2. The molecule has 0 aromatic carbocycles. The van der Waals surface area contributed by atoms with Gasteiger partial charge < -0.3 is 15.0 Å². The SMILES string of the molecule is COC1CCN(c2nccc(CNCC(C)C)c2F)CC1. The van der Waals surface area contributed by atoms with E-state index in [1.165, 1.54) is 0 Å². The number of pyridine rings is 1. The Kier molecular flexibility index (Phi) is 5.94.